The van der Waals surface area contributed by atoms with Gasteiger partial charge >= 0.3 is 0 Å². The summed E-state index contributed by atoms with van der Waals surface area (Å²) in [6.45, 7) is 9.98. The van der Waals surface area contributed by atoms with Crippen LogP contribution in [0.5, 0.6) is 0 Å². The van der Waals surface area contributed by atoms with Crippen LogP contribution < -0.4 is 5.73 Å². The van der Waals surface area contributed by atoms with Crippen LogP contribution in [0.4, 0.5) is 0 Å². The zero-order chi connectivity index (χ0) is 14.7. The highest BCUT2D eigenvalue weighted by atomic mass is 15.3. The third kappa shape index (κ3) is 3.40. The third-order valence-electron chi connectivity index (χ3n) is 4.65. The van der Waals surface area contributed by atoms with Gasteiger partial charge in [-0.1, -0.05) is 36.8 Å². The Morgan fingerprint density at radius 1 is 1.35 bits per heavy atom. The zero-order valence-electron chi connectivity index (χ0n) is 13.3. The largest absolute Gasteiger partial charge is 0.326 e. The van der Waals surface area contributed by atoms with Crippen molar-refractivity contribution in [1.82, 2.24) is 9.80 Å². The Morgan fingerprint density at radius 2 is 2.10 bits per heavy atom. The van der Waals surface area contributed by atoms with Crippen molar-refractivity contribution in [2.75, 3.05) is 26.7 Å². The molecule has 3 unspecified atom stereocenters. The average Bonchev–Trinajstić information content (AvgIpc) is 2.43. The highest BCUT2D eigenvalue weighted by molar-refractivity contribution is 5.26. The molecule has 3 nitrogen and oxygen atoms in total. The Kier molecular flexibility index (Phi) is 5.19. The summed E-state index contributed by atoms with van der Waals surface area (Å²) in [7, 11) is 2.21. The first-order chi connectivity index (χ1) is 9.52. The van der Waals surface area contributed by atoms with E-state index in [1.165, 1.54) is 11.1 Å². The number of nitrogens with two attached hydrogens (primary N) is 1. The summed E-state index contributed by atoms with van der Waals surface area (Å²) in [4.78, 5) is 5.01. The number of hydrogen-bond donors (Lipinski definition) is 1. The second-order valence-corrected chi connectivity index (χ2v) is 6.26. The van der Waals surface area contributed by atoms with Crippen molar-refractivity contribution in [3.63, 3.8) is 0 Å². The van der Waals surface area contributed by atoms with Crippen LogP contribution in [0.2, 0.25) is 0 Å². The normalized spacial score (nSPS) is 24.6. The lowest BCUT2D eigenvalue weighted by atomic mass is 9.94. The van der Waals surface area contributed by atoms with Crippen molar-refractivity contribution in [1.29, 1.82) is 0 Å². The van der Waals surface area contributed by atoms with E-state index >= 15 is 0 Å². The third-order valence-corrected chi connectivity index (χ3v) is 4.65. The molecule has 1 heterocycles. The van der Waals surface area contributed by atoms with Gasteiger partial charge in [0.05, 0.1) is 0 Å². The van der Waals surface area contributed by atoms with Gasteiger partial charge in [-0.05, 0) is 32.9 Å². The van der Waals surface area contributed by atoms with Gasteiger partial charge in [-0.2, -0.15) is 0 Å². The minimum absolute atomic E-state index is 0.201. The fourth-order valence-corrected chi connectivity index (χ4v) is 3.14. The molecule has 1 aromatic rings. The molecule has 1 aromatic carbocycles. The van der Waals surface area contributed by atoms with Crippen LogP contribution >= 0.6 is 0 Å². The first-order valence-electron chi connectivity index (χ1n) is 7.79. The van der Waals surface area contributed by atoms with E-state index in [1.807, 2.05) is 0 Å². The highest BCUT2D eigenvalue weighted by Crippen LogP contribution is 2.27. The van der Waals surface area contributed by atoms with E-state index < -0.39 is 0 Å². The molecule has 1 aliphatic heterocycles. The maximum Gasteiger partial charge on any atom is 0.0500 e. The molecule has 0 spiro atoms. The van der Waals surface area contributed by atoms with Crippen LogP contribution in [0.25, 0.3) is 0 Å². The van der Waals surface area contributed by atoms with Crippen molar-refractivity contribution in [3.05, 3.63) is 35.4 Å². The minimum atomic E-state index is 0.201. The molecule has 0 aromatic heterocycles. The highest BCUT2D eigenvalue weighted by Gasteiger charge is 2.30. The maximum absolute atomic E-state index is 6.45. The van der Waals surface area contributed by atoms with Crippen LogP contribution in [0.15, 0.2) is 24.3 Å². The van der Waals surface area contributed by atoms with E-state index in [0.717, 1.165) is 26.1 Å². The molecule has 3 heteroatoms. The summed E-state index contributed by atoms with van der Waals surface area (Å²) in [5.41, 5.74) is 9.14. The van der Waals surface area contributed by atoms with Gasteiger partial charge in [0.15, 0.2) is 0 Å². The predicted octanol–water partition coefficient (Wildman–Crippen LogP) is 2.41. The monoisotopic (exact) mass is 275 g/mol. The van der Waals surface area contributed by atoms with Gasteiger partial charge in [0, 0.05) is 37.8 Å². The molecule has 2 N–H and O–H groups in total. The van der Waals surface area contributed by atoms with E-state index in [9.17, 15) is 0 Å². The number of hydrogen-bond acceptors (Lipinski definition) is 3. The minimum Gasteiger partial charge on any atom is -0.326 e. The number of likely N-dealkylation sites (N-methyl/N-ethyl adjacent to an activating group) is 1. The summed E-state index contributed by atoms with van der Waals surface area (Å²) < 4.78 is 0. The van der Waals surface area contributed by atoms with Crippen LogP contribution in [-0.2, 0) is 0 Å². The summed E-state index contributed by atoms with van der Waals surface area (Å²) in [6.07, 6.45) is 1.01. The van der Waals surface area contributed by atoms with Gasteiger partial charge in [-0.3, -0.25) is 4.90 Å². The van der Waals surface area contributed by atoms with Crippen molar-refractivity contribution in [3.8, 4) is 0 Å². The molecule has 1 fully saturated rings. The maximum atomic E-state index is 6.45. The van der Waals surface area contributed by atoms with Gasteiger partial charge in [0.25, 0.3) is 0 Å². The Hall–Kier alpha value is -0.900. The Bertz CT molecular complexity index is 432. The molecule has 2 rings (SSSR count). The SMILES string of the molecule is CCC(N)C(c1cccc(C)c1)N1CCN(C)C(C)C1. The van der Waals surface area contributed by atoms with Crippen molar-refractivity contribution in [2.24, 2.45) is 5.73 Å². The molecule has 3 atom stereocenters. The van der Waals surface area contributed by atoms with Gasteiger partial charge in [-0.15, -0.1) is 0 Å². The molecule has 1 saturated heterocycles. The summed E-state index contributed by atoms with van der Waals surface area (Å²) in [5, 5.41) is 0. The van der Waals surface area contributed by atoms with Gasteiger partial charge in [0.1, 0.15) is 0 Å². The van der Waals surface area contributed by atoms with Crippen LogP contribution in [0.1, 0.15) is 37.4 Å². The first-order valence-corrected chi connectivity index (χ1v) is 7.79. The number of benzene rings is 1. The lowest BCUT2D eigenvalue weighted by Gasteiger charge is -2.43. The second kappa shape index (κ2) is 6.70. The van der Waals surface area contributed by atoms with Crippen molar-refractivity contribution < 1.29 is 0 Å². The molecule has 1 aliphatic rings. The van der Waals surface area contributed by atoms with E-state index in [4.69, 9.17) is 5.73 Å². The van der Waals surface area contributed by atoms with E-state index in [0.29, 0.717) is 12.1 Å². The molecular weight excluding hydrogens is 246 g/mol. The number of rotatable bonds is 4. The average molecular weight is 275 g/mol. The lowest BCUT2D eigenvalue weighted by molar-refractivity contribution is 0.0611. The summed E-state index contributed by atoms with van der Waals surface area (Å²) in [6, 6.07) is 9.98. The molecule has 112 valence electrons. The Morgan fingerprint density at radius 3 is 2.70 bits per heavy atom. The molecule has 0 radical (unpaired) electrons. The molecule has 0 bridgehead atoms. The quantitative estimate of drug-likeness (QED) is 0.916. The van der Waals surface area contributed by atoms with Crippen molar-refractivity contribution in [2.45, 2.75) is 45.3 Å². The summed E-state index contributed by atoms with van der Waals surface area (Å²) in [5.74, 6) is 0. The number of piperazine rings is 1. The van der Waals surface area contributed by atoms with E-state index in [2.05, 4.69) is 61.9 Å². The van der Waals surface area contributed by atoms with Crippen LogP contribution in [-0.4, -0.2) is 48.6 Å². The molecule has 20 heavy (non-hydrogen) atoms. The van der Waals surface area contributed by atoms with E-state index in [-0.39, 0.29) is 6.04 Å². The van der Waals surface area contributed by atoms with Gasteiger partial charge in [0.2, 0.25) is 0 Å². The standard InChI is InChI=1S/C17H29N3/c1-5-16(18)17(15-8-6-7-13(2)11-15)20-10-9-19(4)14(3)12-20/h6-8,11,14,16-17H,5,9-10,12,18H2,1-4H3. The number of aryl methyl sites for hydroxylation is 1. The zero-order valence-corrected chi connectivity index (χ0v) is 13.3. The number of nitrogens with zero attached hydrogens (tertiary/aromatic N) is 2. The molecular formula is C17H29N3. The van der Waals surface area contributed by atoms with Crippen LogP contribution in [0, 0.1) is 6.92 Å². The Balaban J connectivity index is 2.24. The van der Waals surface area contributed by atoms with Crippen LogP contribution in [0.3, 0.4) is 0 Å². The first kappa shape index (κ1) is 15.5. The predicted molar refractivity (Wildman–Crippen MR) is 85.9 cm³/mol. The topological polar surface area (TPSA) is 32.5 Å². The van der Waals surface area contributed by atoms with Crippen molar-refractivity contribution >= 4 is 0 Å². The fourth-order valence-electron chi connectivity index (χ4n) is 3.14. The van der Waals surface area contributed by atoms with Gasteiger partial charge in [-0.25, -0.2) is 0 Å². The molecule has 0 saturated carbocycles. The Labute approximate surface area is 123 Å². The second-order valence-electron chi connectivity index (χ2n) is 6.26. The molecule has 0 amide bonds. The fraction of sp³-hybridized carbons (Fsp3) is 0.647. The van der Waals surface area contributed by atoms with E-state index in [1.54, 1.807) is 0 Å². The smallest absolute Gasteiger partial charge is 0.0500 e. The lowest BCUT2D eigenvalue weighted by Crippen LogP contribution is -2.54. The summed E-state index contributed by atoms with van der Waals surface area (Å²) >= 11 is 0. The molecule has 0 aliphatic carbocycles. The van der Waals surface area contributed by atoms with Gasteiger partial charge < -0.3 is 10.6 Å².